The van der Waals surface area contributed by atoms with E-state index in [0.717, 1.165) is 45.5 Å². The van der Waals surface area contributed by atoms with Gasteiger partial charge in [-0.3, -0.25) is 9.69 Å². The van der Waals surface area contributed by atoms with Gasteiger partial charge in [-0.05, 0) is 45.1 Å². The van der Waals surface area contributed by atoms with Gasteiger partial charge in [0.25, 0.3) is 0 Å². The van der Waals surface area contributed by atoms with Crippen LogP contribution in [0.25, 0.3) is 0 Å². The summed E-state index contributed by atoms with van der Waals surface area (Å²) in [4.78, 5) is 15.6. The molecule has 5 nitrogen and oxygen atoms in total. The number of nitrogens with one attached hydrogen (secondary N) is 1. The first-order valence-corrected chi connectivity index (χ1v) is 8.42. The first-order chi connectivity index (χ1) is 10.1. The highest BCUT2D eigenvalue weighted by Crippen LogP contribution is 2.16. The summed E-state index contributed by atoms with van der Waals surface area (Å²) in [6.07, 6.45) is 7.69. The van der Waals surface area contributed by atoms with E-state index in [4.69, 9.17) is 4.74 Å². The molecule has 1 atom stereocenters. The lowest BCUT2D eigenvalue weighted by Crippen LogP contribution is -2.46. The summed E-state index contributed by atoms with van der Waals surface area (Å²) in [6, 6.07) is 0.610. The Labute approximate surface area is 129 Å². The molecule has 0 saturated carbocycles. The molecular formula is C16H31N3O2. The number of likely N-dealkylation sites (tertiary alicyclic amines) is 1. The van der Waals surface area contributed by atoms with Crippen molar-refractivity contribution in [3.8, 4) is 0 Å². The number of likely N-dealkylation sites (N-methyl/N-ethyl adjacent to an activating group) is 1. The summed E-state index contributed by atoms with van der Waals surface area (Å²) in [6.45, 7) is 4.62. The molecule has 2 heterocycles. The second-order valence-electron chi connectivity index (χ2n) is 6.57. The zero-order chi connectivity index (χ0) is 15.1. The minimum atomic E-state index is 0.204. The van der Waals surface area contributed by atoms with Crippen LogP contribution in [-0.4, -0.2) is 74.7 Å². The predicted octanol–water partition coefficient (Wildman–Crippen LogP) is 1.09. The summed E-state index contributed by atoms with van der Waals surface area (Å²) in [5.74, 6) is 0.204. The summed E-state index contributed by atoms with van der Waals surface area (Å²) in [5.41, 5.74) is 0. The second-order valence-corrected chi connectivity index (χ2v) is 6.57. The van der Waals surface area contributed by atoms with Crippen LogP contribution in [0.3, 0.4) is 0 Å². The van der Waals surface area contributed by atoms with Crippen molar-refractivity contribution in [1.29, 1.82) is 0 Å². The SMILES string of the molecule is CN(C)C(=O)CN1CCC(NCCC2CCCCO2)CC1. The number of amides is 1. The Balaban J connectivity index is 1.55. The average Bonchev–Trinajstić information content (AvgIpc) is 2.50. The number of carbonyl (C=O) groups excluding carboxylic acids is 1. The molecule has 0 aromatic carbocycles. The van der Waals surface area contributed by atoms with Crippen LogP contribution in [0, 0.1) is 0 Å². The Morgan fingerprint density at radius 2 is 2.00 bits per heavy atom. The van der Waals surface area contributed by atoms with Crippen molar-refractivity contribution in [3.63, 3.8) is 0 Å². The van der Waals surface area contributed by atoms with Crippen LogP contribution in [0.5, 0.6) is 0 Å². The molecule has 0 aromatic heterocycles. The Morgan fingerprint density at radius 1 is 1.24 bits per heavy atom. The highest BCUT2D eigenvalue weighted by Gasteiger charge is 2.21. The molecular weight excluding hydrogens is 266 g/mol. The summed E-state index contributed by atoms with van der Waals surface area (Å²) in [7, 11) is 3.65. The van der Waals surface area contributed by atoms with Gasteiger partial charge in [0.05, 0.1) is 12.6 Å². The van der Waals surface area contributed by atoms with Crippen molar-refractivity contribution < 1.29 is 9.53 Å². The van der Waals surface area contributed by atoms with E-state index in [-0.39, 0.29) is 5.91 Å². The third-order valence-electron chi connectivity index (χ3n) is 4.62. The molecule has 21 heavy (non-hydrogen) atoms. The monoisotopic (exact) mass is 297 g/mol. The first kappa shape index (κ1) is 16.7. The molecule has 1 amide bonds. The smallest absolute Gasteiger partial charge is 0.236 e. The summed E-state index contributed by atoms with van der Waals surface area (Å²) >= 11 is 0. The number of nitrogens with zero attached hydrogens (tertiary/aromatic N) is 2. The molecule has 5 heteroatoms. The van der Waals surface area contributed by atoms with Gasteiger partial charge >= 0.3 is 0 Å². The molecule has 2 aliphatic heterocycles. The maximum absolute atomic E-state index is 11.7. The largest absolute Gasteiger partial charge is 0.378 e. The zero-order valence-corrected chi connectivity index (χ0v) is 13.6. The normalized spacial score (nSPS) is 25.0. The van der Waals surface area contributed by atoms with Crippen molar-refractivity contribution in [2.75, 3.05) is 46.9 Å². The second kappa shape index (κ2) is 8.71. The molecule has 1 unspecified atom stereocenters. The number of hydrogen-bond donors (Lipinski definition) is 1. The van der Waals surface area contributed by atoms with E-state index in [1.54, 1.807) is 4.90 Å². The molecule has 0 radical (unpaired) electrons. The number of carbonyl (C=O) groups is 1. The van der Waals surface area contributed by atoms with E-state index in [9.17, 15) is 4.79 Å². The first-order valence-electron chi connectivity index (χ1n) is 8.42. The molecule has 2 fully saturated rings. The van der Waals surface area contributed by atoms with Gasteiger partial charge in [0.2, 0.25) is 5.91 Å². The zero-order valence-electron chi connectivity index (χ0n) is 13.6. The van der Waals surface area contributed by atoms with Gasteiger partial charge in [-0.1, -0.05) is 0 Å². The Kier molecular flexibility index (Phi) is 6.93. The van der Waals surface area contributed by atoms with Crippen LogP contribution in [0.15, 0.2) is 0 Å². The Morgan fingerprint density at radius 3 is 2.62 bits per heavy atom. The van der Waals surface area contributed by atoms with E-state index in [1.165, 1.54) is 19.3 Å². The van der Waals surface area contributed by atoms with Gasteiger partial charge in [0, 0.05) is 39.8 Å². The molecule has 0 aromatic rings. The lowest BCUT2D eigenvalue weighted by Gasteiger charge is -2.33. The van der Waals surface area contributed by atoms with Gasteiger partial charge in [0.1, 0.15) is 0 Å². The van der Waals surface area contributed by atoms with Crippen molar-refractivity contribution in [3.05, 3.63) is 0 Å². The Bertz CT molecular complexity index is 309. The van der Waals surface area contributed by atoms with Gasteiger partial charge in [-0.25, -0.2) is 0 Å². The quantitative estimate of drug-likeness (QED) is 0.797. The highest BCUT2D eigenvalue weighted by molar-refractivity contribution is 5.77. The van der Waals surface area contributed by atoms with Gasteiger partial charge in [-0.15, -0.1) is 0 Å². The van der Waals surface area contributed by atoms with Crippen LogP contribution in [0.2, 0.25) is 0 Å². The van der Waals surface area contributed by atoms with Crippen LogP contribution in [0.1, 0.15) is 38.5 Å². The number of ether oxygens (including phenoxy) is 1. The molecule has 2 saturated heterocycles. The van der Waals surface area contributed by atoms with E-state index >= 15 is 0 Å². The maximum Gasteiger partial charge on any atom is 0.236 e. The van der Waals surface area contributed by atoms with Gasteiger partial charge in [-0.2, -0.15) is 0 Å². The topological polar surface area (TPSA) is 44.8 Å². The minimum absolute atomic E-state index is 0.204. The van der Waals surface area contributed by atoms with Crippen LogP contribution in [0.4, 0.5) is 0 Å². The van der Waals surface area contributed by atoms with E-state index in [0.29, 0.717) is 18.7 Å². The van der Waals surface area contributed by atoms with Crippen molar-refractivity contribution in [1.82, 2.24) is 15.1 Å². The Hall–Kier alpha value is -0.650. The third-order valence-corrected chi connectivity index (χ3v) is 4.62. The van der Waals surface area contributed by atoms with Crippen molar-refractivity contribution >= 4 is 5.91 Å². The van der Waals surface area contributed by atoms with E-state index < -0.39 is 0 Å². The molecule has 0 aliphatic carbocycles. The molecule has 0 bridgehead atoms. The summed E-state index contributed by atoms with van der Waals surface area (Å²) < 4.78 is 5.76. The van der Waals surface area contributed by atoms with Crippen molar-refractivity contribution in [2.24, 2.45) is 0 Å². The number of hydrogen-bond acceptors (Lipinski definition) is 4. The van der Waals surface area contributed by atoms with E-state index in [2.05, 4.69) is 10.2 Å². The van der Waals surface area contributed by atoms with Gasteiger partial charge in [0.15, 0.2) is 0 Å². The number of rotatable bonds is 6. The third kappa shape index (κ3) is 5.93. The molecule has 2 rings (SSSR count). The molecule has 0 spiro atoms. The van der Waals surface area contributed by atoms with Gasteiger partial charge < -0.3 is 15.0 Å². The molecule has 122 valence electrons. The fraction of sp³-hybridized carbons (Fsp3) is 0.938. The summed E-state index contributed by atoms with van der Waals surface area (Å²) in [5, 5.41) is 3.66. The van der Waals surface area contributed by atoms with Crippen molar-refractivity contribution in [2.45, 2.75) is 50.7 Å². The highest BCUT2D eigenvalue weighted by atomic mass is 16.5. The fourth-order valence-corrected chi connectivity index (χ4v) is 3.11. The molecule has 1 N–H and O–H groups in total. The fourth-order valence-electron chi connectivity index (χ4n) is 3.11. The maximum atomic E-state index is 11.7. The number of piperidine rings is 1. The van der Waals surface area contributed by atoms with E-state index in [1.807, 2.05) is 14.1 Å². The predicted molar refractivity (Wildman–Crippen MR) is 84.4 cm³/mol. The standard InChI is InChI=1S/C16H31N3O2/c1-18(2)16(20)13-19-10-7-14(8-11-19)17-9-6-15-5-3-4-12-21-15/h14-15,17H,3-13H2,1-2H3. The lowest BCUT2D eigenvalue weighted by atomic mass is 10.0. The minimum Gasteiger partial charge on any atom is -0.378 e. The van der Waals surface area contributed by atoms with Crippen LogP contribution in [-0.2, 0) is 9.53 Å². The average molecular weight is 297 g/mol. The lowest BCUT2D eigenvalue weighted by molar-refractivity contribution is -0.130. The van der Waals surface area contributed by atoms with Crippen LogP contribution < -0.4 is 5.32 Å². The molecule has 2 aliphatic rings. The van der Waals surface area contributed by atoms with Crippen LogP contribution >= 0.6 is 0 Å².